The van der Waals surface area contributed by atoms with E-state index in [1.54, 1.807) is 0 Å². The van der Waals surface area contributed by atoms with Crippen molar-refractivity contribution >= 4 is 40.0 Å². The lowest BCUT2D eigenvalue weighted by molar-refractivity contribution is 0.660. The van der Waals surface area contributed by atoms with Crippen molar-refractivity contribution in [3.63, 3.8) is 0 Å². The van der Waals surface area contributed by atoms with Crippen LogP contribution in [0.1, 0.15) is 65.3 Å². The first kappa shape index (κ1) is 36.4. The Bertz CT molecular complexity index is 3330. The number of anilines is 3. The van der Waals surface area contributed by atoms with E-state index in [2.05, 4.69) is 232 Å². The summed E-state index contributed by atoms with van der Waals surface area (Å²) in [6.45, 7) is 11.0. The topological polar surface area (TPSA) is 3.24 Å². The molecule has 294 valence electrons. The van der Waals surface area contributed by atoms with Crippen LogP contribution in [-0.4, -0.2) is 0 Å². The molecule has 0 atom stereocenters. The average molecular weight is 792 g/mol. The molecule has 0 amide bonds. The largest absolute Gasteiger partial charge is 0.310 e. The first-order valence-corrected chi connectivity index (χ1v) is 21.8. The normalized spacial score (nSPS) is 14.3. The van der Waals surface area contributed by atoms with Crippen molar-refractivity contribution in [1.82, 2.24) is 0 Å². The van der Waals surface area contributed by atoms with Gasteiger partial charge < -0.3 is 4.90 Å². The quantitative estimate of drug-likeness (QED) is 0.162. The minimum absolute atomic E-state index is 0.0776. The van der Waals surface area contributed by atoms with E-state index in [4.69, 9.17) is 0 Å². The van der Waals surface area contributed by atoms with Crippen LogP contribution in [0.5, 0.6) is 0 Å². The summed E-state index contributed by atoms with van der Waals surface area (Å²) in [4.78, 5) is 2.44. The van der Waals surface area contributed by atoms with E-state index in [1.165, 1.54) is 88.7 Å². The Morgan fingerprint density at radius 1 is 0.435 bits per heavy atom. The zero-order valence-corrected chi connectivity index (χ0v) is 35.3. The van der Waals surface area contributed by atoms with Crippen LogP contribution >= 0.6 is 0 Å². The molecule has 0 saturated carbocycles. The molecular formula is C61H45N. The van der Waals surface area contributed by atoms with Crippen molar-refractivity contribution in [3.8, 4) is 44.5 Å². The first-order valence-electron chi connectivity index (χ1n) is 21.8. The van der Waals surface area contributed by atoms with Crippen LogP contribution in [0.4, 0.5) is 17.1 Å². The molecule has 0 aromatic heterocycles. The summed E-state index contributed by atoms with van der Waals surface area (Å²) in [6.07, 6.45) is 6.31. The van der Waals surface area contributed by atoms with Crippen LogP contribution in [0, 0.1) is 0 Å². The zero-order chi connectivity index (χ0) is 41.7. The molecule has 0 bridgehead atoms. The summed E-state index contributed by atoms with van der Waals surface area (Å²) >= 11 is 0. The molecular weight excluding hydrogens is 747 g/mol. The van der Waals surface area contributed by atoms with Gasteiger partial charge in [0.2, 0.25) is 0 Å². The molecule has 0 N–H and O–H groups in total. The maximum atomic E-state index is 4.23. The standard InChI is InChI=1S/C61H45N/c1-5-17-46-39(6-2)20-16-29-59(46)62(45-31-33-54-52(38-45)49-25-9-12-26-53(49)60(54,3)4)44-22-15-21-40(34-44)43-30-32-50-51-35-41-18-7-8-19-42(41)36-58(51)61(57(50)37-43)55-27-13-10-23-47(55)48-24-11-14-28-56(48)61/h5-38H,2H2,1,3-4H3/b17-5-. The molecule has 0 unspecified atom stereocenters. The maximum absolute atomic E-state index is 4.23. The highest BCUT2D eigenvalue weighted by Gasteiger charge is 2.51. The van der Waals surface area contributed by atoms with E-state index >= 15 is 0 Å². The lowest BCUT2D eigenvalue weighted by Crippen LogP contribution is -2.25. The minimum Gasteiger partial charge on any atom is -0.310 e. The van der Waals surface area contributed by atoms with Crippen LogP contribution in [0.25, 0.3) is 67.4 Å². The van der Waals surface area contributed by atoms with Crippen molar-refractivity contribution in [3.05, 3.63) is 245 Å². The fourth-order valence-corrected chi connectivity index (χ4v) is 11.4. The van der Waals surface area contributed by atoms with Crippen LogP contribution in [0.2, 0.25) is 0 Å². The van der Waals surface area contributed by atoms with Crippen LogP contribution in [0.15, 0.2) is 201 Å². The maximum Gasteiger partial charge on any atom is 0.0725 e. The molecule has 12 rings (SSSR count). The number of rotatable bonds is 6. The van der Waals surface area contributed by atoms with Gasteiger partial charge in [0.15, 0.2) is 0 Å². The molecule has 0 heterocycles. The van der Waals surface area contributed by atoms with Crippen molar-refractivity contribution in [2.24, 2.45) is 0 Å². The lowest BCUT2D eigenvalue weighted by Gasteiger charge is -2.31. The third-order valence-electron chi connectivity index (χ3n) is 14.1. The Hall–Kier alpha value is -7.48. The predicted octanol–water partition coefficient (Wildman–Crippen LogP) is 16.3. The van der Waals surface area contributed by atoms with Gasteiger partial charge in [-0.15, -0.1) is 0 Å². The molecule has 9 aromatic carbocycles. The highest BCUT2D eigenvalue weighted by molar-refractivity contribution is 6.01. The van der Waals surface area contributed by atoms with E-state index in [9.17, 15) is 0 Å². The third kappa shape index (κ3) is 4.97. The third-order valence-corrected chi connectivity index (χ3v) is 14.1. The van der Waals surface area contributed by atoms with E-state index in [-0.39, 0.29) is 5.41 Å². The van der Waals surface area contributed by atoms with E-state index in [1.807, 2.05) is 6.08 Å². The molecule has 1 spiro atoms. The summed E-state index contributed by atoms with van der Waals surface area (Å²) in [5.41, 5.74) is 23.4. The Balaban J connectivity index is 1.08. The Kier molecular flexibility index (Phi) is 7.93. The van der Waals surface area contributed by atoms with Gasteiger partial charge in [-0.25, -0.2) is 0 Å². The van der Waals surface area contributed by atoms with Gasteiger partial charge >= 0.3 is 0 Å². The first-order chi connectivity index (χ1) is 30.4. The van der Waals surface area contributed by atoms with Gasteiger partial charge in [0.05, 0.1) is 11.1 Å². The number of allylic oxidation sites excluding steroid dienone is 1. The number of benzene rings is 9. The molecule has 0 saturated heterocycles. The van der Waals surface area contributed by atoms with Gasteiger partial charge in [-0.1, -0.05) is 178 Å². The Morgan fingerprint density at radius 2 is 1.00 bits per heavy atom. The summed E-state index contributed by atoms with van der Waals surface area (Å²) in [5.74, 6) is 0. The lowest BCUT2D eigenvalue weighted by atomic mass is 9.70. The summed E-state index contributed by atoms with van der Waals surface area (Å²) in [7, 11) is 0. The average Bonchev–Trinajstić information content (AvgIpc) is 3.86. The van der Waals surface area contributed by atoms with E-state index in [0.717, 1.165) is 28.2 Å². The fraction of sp³-hybridized carbons (Fsp3) is 0.0820. The second-order valence-electron chi connectivity index (χ2n) is 17.6. The molecule has 9 aromatic rings. The van der Waals surface area contributed by atoms with Crippen molar-refractivity contribution in [2.45, 2.75) is 31.6 Å². The molecule has 0 radical (unpaired) electrons. The van der Waals surface area contributed by atoms with Gasteiger partial charge in [-0.05, 0) is 150 Å². The van der Waals surface area contributed by atoms with Crippen LogP contribution in [0.3, 0.4) is 0 Å². The number of hydrogen-bond acceptors (Lipinski definition) is 1. The van der Waals surface area contributed by atoms with Crippen LogP contribution < -0.4 is 4.90 Å². The van der Waals surface area contributed by atoms with Gasteiger partial charge in [-0.3, -0.25) is 0 Å². The molecule has 62 heavy (non-hydrogen) atoms. The molecule has 1 heteroatoms. The predicted molar refractivity (Wildman–Crippen MR) is 263 cm³/mol. The van der Waals surface area contributed by atoms with Crippen LogP contribution in [-0.2, 0) is 10.8 Å². The SMILES string of the molecule is C=Cc1cccc(N(c2cccc(-c3ccc4c(c3)C3(c5ccccc5-c5ccccc53)c3cc5ccccc5cc3-4)c2)c2ccc3c(c2)-c2ccccc2C3(C)C)c1/C=C\C. The molecule has 3 aliphatic rings. The minimum atomic E-state index is -0.442. The molecule has 1 nitrogen and oxygen atoms in total. The number of nitrogens with zero attached hydrogens (tertiary/aromatic N) is 1. The summed E-state index contributed by atoms with van der Waals surface area (Å²) in [5, 5.41) is 2.53. The molecule has 0 fully saturated rings. The second kappa shape index (κ2) is 13.5. The van der Waals surface area contributed by atoms with Gasteiger partial charge in [0, 0.05) is 22.4 Å². The monoisotopic (exact) mass is 791 g/mol. The van der Waals surface area contributed by atoms with Crippen molar-refractivity contribution in [1.29, 1.82) is 0 Å². The molecule has 3 aliphatic carbocycles. The Labute approximate surface area is 364 Å². The van der Waals surface area contributed by atoms with Gasteiger partial charge in [0.25, 0.3) is 0 Å². The zero-order valence-electron chi connectivity index (χ0n) is 35.3. The highest BCUT2D eigenvalue weighted by Crippen LogP contribution is 2.63. The smallest absolute Gasteiger partial charge is 0.0725 e. The second-order valence-corrected chi connectivity index (χ2v) is 17.6. The highest BCUT2D eigenvalue weighted by atomic mass is 15.1. The van der Waals surface area contributed by atoms with E-state index in [0.29, 0.717) is 0 Å². The summed E-state index contributed by atoms with van der Waals surface area (Å²) in [6, 6.07) is 70.8. The fourth-order valence-electron chi connectivity index (χ4n) is 11.4. The van der Waals surface area contributed by atoms with Crippen molar-refractivity contribution < 1.29 is 0 Å². The summed E-state index contributed by atoms with van der Waals surface area (Å²) < 4.78 is 0. The Morgan fingerprint density at radius 3 is 1.73 bits per heavy atom. The van der Waals surface area contributed by atoms with E-state index < -0.39 is 5.41 Å². The van der Waals surface area contributed by atoms with Gasteiger partial charge in [0.1, 0.15) is 0 Å². The van der Waals surface area contributed by atoms with Crippen molar-refractivity contribution in [2.75, 3.05) is 4.90 Å². The molecule has 0 aliphatic heterocycles. The number of fused-ring (bicyclic) bond motifs is 14. The van der Waals surface area contributed by atoms with Gasteiger partial charge in [-0.2, -0.15) is 0 Å². The number of hydrogen-bond donors (Lipinski definition) is 0.